The maximum Gasteiger partial charge on any atom is 1.00 e. The Balaban J connectivity index is -0.00000000500. The molecule has 0 aromatic carbocycles. The summed E-state index contributed by atoms with van der Waals surface area (Å²) in [5.74, 6) is 0. The molecule has 0 saturated heterocycles. The Kier molecular flexibility index (Phi) is 1650. The van der Waals surface area contributed by atoms with Crippen molar-refractivity contribution in [2.75, 3.05) is 0 Å². The van der Waals surface area contributed by atoms with E-state index < -0.39 is 0 Å². The molecular formula is C3H6CuLiN. The molecule has 0 aromatic rings. The molecule has 0 aliphatic heterocycles. The van der Waals surface area contributed by atoms with Gasteiger partial charge in [-0.15, -0.1) is 0 Å². The fraction of sp³-hybridized carbons (Fsp3) is 0.333. The minimum absolute atomic E-state index is 0. The molecule has 0 amide bonds. The van der Waals surface area contributed by atoms with Gasteiger partial charge in [0.1, 0.15) is 0 Å². The van der Waals surface area contributed by atoms with Crippen LogP contribution in [0.5, 0.6) is 0 Å². The van der Waals surface area contributed by atoms with E-state index in [2.05, 4.69) is 13.5 Å². The monoisotopic (exact) mass is 126 g/mol. The summed E-state index contributed by atoms with van der Waals surface area (Å²) in [4.78, 5) is 0. The molecule has 0 saturated carbocycles. The molecule has 0 spiro atoms. The van der Waals surface area contributed by atoms with Crippen LogP contribution in [0.3, 0.4) is 0 Å². The van der Waals surface area contributed by atoms with E-state index in [0.29, 0.717) is 0 Å². The van der Waals surface area contributed by atoms with E-state index in [-0.39, 0.29) is 35.9 Å². The summed E-state index contributed by atoms with van der Waals surface area (Å²) >= 11 is 0. The van der Waals surface area contributed by atoms with Gasteiger partial charge in [-0.25, -0.2) is 5.26 Å². The Bertz CT molecular complexity index is 15.5. The van der Waals surface area contributed by atoms with Crippen LogP contribution in [-0.4, -0.2) is 0 Å². The Morgan fingerprint density at radius 1 is 1.33 bits per heavy atom. The van der Waals surface area contributed by atoms with E-state index in [1.807, 2.05) is 0 Å². The summed E-state index contributed by atoms with van der Waals surface area (Å²) in [6.45, 7) is 8.50. The second-order valence-corrected chi connectivity index (χ2v) is 0. The van der Waals surface area contributed by atoms with Crippen LogP contribution >= 0.6 is 0 Å². The molecule has 0 rings (SSSR count). The van der Waals surface area contributed by atoms with E-state index in [1.165, 1.54) is 0 Å². The first-order valence-corrected chi connectivity index (χ1v) is 0.965. The molecule has 0 unspecified atom stereocenters. The van der Waals surface area contributed by atoms with Crippen molar-refractivity contribution < 1.29 is 35.9 Å². The molecule has 0 N–H and O–H groups in total. The number of nitriles is 1. The molecule has 0 aliphatic rings. The average molecular weight is 127 g/mol. The molecule has 0 fully saturated rings. The fourth-order valence-corrected chi connectivity index (χ4v) is 0. The van der Waals surface area contributed by atoms with Crippen LogP contribution < -0.4 is 18.9 Å². The van der Waals surface area contributed by atoms with Crippen molar-refractivity contribution in [3.05, 3.63) is 6.92 Å². The maximum absolute atomic E-state index is 6.50. The third-order valence-corrected chi connectivity index (χ3v) is 0. The first-order valence-electron chi connectivity index (χ1n) is 0.965. The SMILES string of the molecule is C#N.[CH2-]C.[Cu].[Li+]. The van der Waals surface area contributed by atoms with Crippen molar-refractivity contribution >= 4 is 0 Å². The molecular weight excluding hydrogens is 121 g/mol. The predicted molar refractivity (Wildman–Crippen MR) is 17.7 cm³/mol. The number of rotatable bonds is 0. The van der Waals surface area contributed by atoms with Gasteiger partial charge in [-0.2, -0.15) is 6.92 Å². The van der Waals surface area contributed by atoms with Gasteiger partial charge in [-0.05, 0) is 0 Å². The van der Waals surface area contributed by atoms with Gasteiger partial charge >= 0.3 is 18.9 Å². The van der Waals surface area contributed by atoms with Gasteiger partial charge in [-0.1, -0.05) is 0 Å². The molecule has 0 atom stereocenters. The van der Waals surface area contributed by atoms with Crippen molar-refractivity contribution in [2.24, 2.45) is 0 Å². The zero-order valence-electron chi connectivity index (χ0n) is 4.03. The average Bonchev–Trinajstić information content (AvgIpc) is 1.50. The van der Waals surface area contributed by atoms with Gasteiger partial charge < -0.3 is 6.92 Å². The molecule has 0 bridgehead atoms. The minimum atomic E-state index is 0. The van der Waals surface area contributed by atoms with E-state index in [0.717, 1.165) is 0 Å². The van der Waals surface area contributed by atoms with Crippen LogP contribution in [-0.2, 0) is 17.1 Å². The minimum Gasteiger partial charge on any atom is -0.346 e. The fourth-order valence-electron chi connectivity index (χ4n) is 0. The second-order valence-electron chi connectivity index (χ2n) is 0. The Morgan fingerprint density at radius 2 is 1.33 bits per heavy atom. The van der Waals surface area contributed by atoms with Crippen LogP contribution in [0.4, 0.5) is 0 Å². The van der Waals surface area contributed by atoms with E-state index in [1.54, 1.807) is 6.92 Å². The normalized spacial score (nSPS) is 1.33. The molecule has 6 heavy (non-hydrogen) atoms. The first-order chi connectivity index (χ1) is 2.00. The van der Waals surface area contributed by atoms with Gasteiger partial charge in [0, 0.05) is 23.6 Å². The molecule has 1 radical (unpaired) electrons. The summed E-state index contributed by atoms with van der Waals surface area (Å²) in [5.41, 5.74) is 0. The summed E-state index contributed by atoms with van der Waals surface area (Å²) in [6.07, 6.45) is 0. The van der Waals surface area contributed by atoms with Crippen LogP contribution in [0.2, 0.25) is 0 Å². The van der Waals surface area contributed by atoms with Gasteiger partial charge in [0.05, 0.1) is 0 Å². The quantitative estimate of drug-likeness (QED) is 0.272. The Morgan fingerprint density at radius 3 is 1.33 bits per heavy atom. The van der Waals surface area contributed by atoms with Crippen LogP contribution in [0.1, 0.15) is 6.92 Å². The van der Waals surface area contributed by atoms with Gasteiger partial charge in [0.2, 0.25) is 0 Å². The molecule has 35 valence electrons. The molecule has 1 nitrogen and oxygen atoms in total. The summed E-state index contributed by atoms with van der Waals surface area (Å²) in [7, 11) is 0. The maximum atomic E-state index is 6.50. The van der Waals surface area contributed by atoms with Crippen molar-refractivity contribution in [1.29, 1.82) is 5.26 Å². The molecule has 0 aliphatic carbocycles. The third kappa shape index (κ3) is 163. The summed E-state index contributed by atoms with van der Waals surface area (Å²) in [5, 5.41) is 6.50. The first kappa shape index (κ1) is 30.6. The van der Waals surface area contributed by atoms with E-state index >= 15 is 0 Å². The van der Waals surface area contributed by atoms with Crippen molar-refractivity contribution in [1.82, 2.24) is 0 Å². The number of hydrogen-bond donors (Lipinski definition) is 0. The Labute approximate surface area is 61.8 Å². The summed E-state index contributed by atoms with van der Waals surface area (Å²) < 4.78 is 0. The van der Waals surface area contributed by atoms with E-state index in [4.69, 9.17) is 5.26 Å². The van der Waals surface area contributed by atoms with E-state index in [9.17, 15) is 0 Å². The van der Waals surface area contributed by atoms with Gasteiger partial charge in [0.25, 0.3) is 0 Å². The van der Waals surface area contributed by atoms with Crippen molar-refractivity contribution in [2.45, 2.75) is 6.92 Å². The topological polar surface area (TPSA) is 23.8 Å². The smallest absolute Gasteiger partial charge is 0.346 e. The molecule has 0 heterocycles. The molecule has 0 aromatic heterocycles. The second kappa shape index (κ2) is 323. The zero-order chi connectivity index (χ0) is 4.00. The van der Waals surface area contributed by atoms with Crippen LogP contribution in [0.25, 0.3) is 0 Å². The third-order valence-electron chi connectivity index (χ3n) is 0. The van der Waals surface area contributed by atoms with Crippen LogP contribution in [0, 0.1) is 18.8 Å². The van der Waals surface area contributed by atoms with Gasteiger partial charge in [-0.3, -0.25) is 0 Å². The predicted octanol–water partition coefficient (Wildman–Crippen LogP) is -2.02. The summed E-state index contributed by atoms with van der Waals surface area (Å²) in [6, 6.07) is 0. The van der Waals surface area contributed by atoms with Crippen LogP contribution in [0.15, 0.2) is 0 Å². The molecule has 3 heteroatoms. The number of nitrogens with zero attached hydrogens (tertiary/aromatic N) is 1. The number of hydrogen-bond acceptors (Lipinski definition) is 1. The van der Waals surface area contributed by atoms with Crippen molar-refractivity contribution in [3.8, 4) is 6.57 Å². The van der Waals surface area contributed by atoms with Crippen molar-refractivity contribution in [3.63, 3.8) is 0 Å². The largest absolute Gasteiger partial charge is 1.00 e. The Hall–Kier alpha value is 0.607. The standard InChI is InChI=1S/C2H5.CHN.Cu.Li/c2*1-2;;/h1H2,2H3;1H;;/q-1;;;+1. The van der Waals surface area contributed by atoms with Gasteiger partial charge in [0.15, 0.2) is 0 Å². The zero-order valence-corrected chi connectivity index (χ0v) is 4.97.